The van der Waals surface area contributed by atoms with Gasteiger partial charge in [-0.25, -0.2) is 4.79 Å². The van der Waals surface area contributed by atoms with Gasteiger partial charge in [-0.3, -0.25) is 14.3 Å². The Labute approximate surface area is 110 Å². The van der Waals surface area contributed by atoms with Gasteiger partial charge in [-0.2, -0.15) is 0 Å². The number of aromatic nitrogens is 2. The van der Waals surface area contributed by atoms with E-state index < -0.39 is 29.7 Å². The van der Waals surface area contributed by atoms with Gasteiger partial charge in [0, 0.05) is 17.2 Å². The topological polar surface area (TPSA) is 105 Å². The lowest BCUT2D eigenvalue weighted by Gasteiger charge is -2.15. The number of thiophene rings is 1. The summed E-state index contributed by atoms with van der Waals surface area (Å²) in [6.45, 7) is -0.317. The summed E-state index contributed by atoms with van der Waals surface area (Å²) >= 11 is 1.31. The van der Waals surface area contributed by atoms with Gasteiger partial charge in [-0.1, -0.05) is 0 Å². The summed E-state index contributed by atoms with van der Waals surface area (Å²) in [4.78, 5) is 25.8. The molecule has 0 radical (unpaired) electrons. The first kappa shape index (κ1) is 12.5. The van der Waals surface area contributed by atoms with Crippen LogP contribution in [-0.2, 0) is 4.74 Å². The number of nitrogens with one attached hydrogen (secondary N) is 1. The number of hydrogen-bond donors (Lipinski definition) is 3. The number of aromatic amines is 1. The Morgan fingerprint density at radius 2 is 2.26 bits per heavy atom. The van der Waals surface area contributed by atoms with Gasteiger partial charge >= 0.3 is 5.69 Å². The van der Waals surface area contributed by atoms with Crippen molar-refractivity contribution in [2.24, 2.45) is 0 Å². The Morgan fingerprint density at radius 1 is 1.47 bits per heavy atom. The Morgan fingerprint density at radius 3 is 2.95 bits per heavy atom. The van der Waals surface area contributed by atoms with E-state index in [2.05, 4.69) is 4.98 Å². The van der Waals surface area contributed by atoms with Crippen molar-refractivity contribution in [3.63, 3.8) is 0 Å². The summed E-state index contributed by atoms with van der Waals surface area (Å²) < 4.78 is 6.76. The highest BCUT2D eigenvalue weighted by atomic mass is 32.1. The second-order valence-corrected chi connectivity index (χ2v) is 5.16. The van der Waals surface area contributed by atoms with E-state index in [-0.39, 0.29) is 13.0 Å². The molecule has 3 N–H and O–H groups in total. The summed E-state index contributed by atoms with van der Waals surface area (Å²) in [5.41, 5.74) is -0.531. The molecule has 8 heteroatoms. The molecule has 1 aliphatic heterocycles. The molecule has 1 fully saturated rings. The number of fused-ring (bicyclic) bond motifs is 1. The van der Waals surface area contributed by atoms with E-state index in [0.29, 0.717) is 10.9 Å². The van der Waals surface area contributed by atoms with Crippen LogP contribution in [0, 0.1) is 0 Å². The van der Waals surface area contributed by atoms with Crippen LogP contribution in [0.15, 0.2) is 20.3 Å². The normalized spacial score (nSPS) is 27.2. The zero-order chi connectivity index (χ0) is 13.6. The predicted octanol–water partition coefficient (Wildman–Crippen LogP) is -0.608. The molecule has 1 saturated heterocycles. The minimum atomic E-state index is -0.831. The average molecular weight is 284 g/mol. The van der Waals surface area contributed by atoms with Gasteiger partial charge in [0.25, 0.3) is 5.56 Å². The smallest absolute Gasteiger partial charge is 0.330 e. The van der Waals surface area contributed by atoms with Crippen molar-refractivity contribution < 1.29 is 14.9 Å². The van der Waals surface area contributed by atoms with E-state index in [0.717, 1.165) is 0 Å². The number of rotatable bonds is 2. The van der Waals surface area contributed by atoms with Gasteiger partial charge < -0.3 is 14.9 Å². The van der Waals surface area contributed by atoms with Crippen LogP contribution in [0.5, 0.6) is 0 Å². The second kappa shape index (κ2) is 4.57. The third-order valence-corrected chi connectivity index (χ3v) is 3.99. The number of ether oxygens (including phenoxy) is 1. The minimum Gasteiger partial charge on any atom is -0.394 e. The van der Waals surface area contributed by atoms with Gasteiger partial charge in [-0.05, 0) is 0 Å². The number of aliphatic hydroxyl groups is 2. The highest BCUT2D eigenvalue weighted by Gasteiger charge is 2.35. The summed E-state index contributed by atoms with van der Waals surface area (Å²) in [6.07, 6.45) is -2.03. The monoisotopic (exact) mass is 284 g/mol. The molecule has 0 saturated carbocycles. The Kier molecular flexibility index (Phi) is 3.02. The molecule has 1 aliphatic rings. The molecule has 3 rings (SSSR count). The van der Waals surface area contributed by atoms with Crippen LogP contribution in [-0.4, -0.2) is 38.6 Å². The second-order valence-electron chi connectivity index (χ2n) is 4.41. The van der Waals surface area contributed by atoms with Crippen LogP contribution in [0.4, 0.5) is 0 Å². The first-order chi connectivity index (χ1) is 9.11. The molecular weight excluding hydrogens is 272 g/mol. The lowest BCUT2D eigenvalue weighted by Crippen LogP contribution is -2.32. The van der Waals surface area contributed by atoms with E-state index >= 15 is 0 Å². The largest absolute Gasteiger partial charge is 0.394 e. The van der Waals surface area contributed by atoms with Crippen LogP contribution in [0.25, 0.3) is 10.9 Å². The number of hydrogen-bond acceptors (Lipinski definition) is 6. The average Bonchev–Trinajstić information content (AvgIpc) is 2.96. The predicted molar refractivity (Wildman–Crippen MR) is 68.3 cm³/mol. The molecule has 3 heterocycles. The maximum absolute atomic E-state index is 11.9. The first-order valence-electron chi connectivity index (χ1n) is 5.77. The van der Waals surface area contributed by atoms with Crippen LogP contribution in [0.2, 0.25) is 0 Å². The van der Waals surface area contributed by atoms with Crippen molar-refractivity contribution in [3.05, 3.63) is 31.6 Å². The summed E-state index contributed by atoms with van der Waals surface area (Å²) in [5, 5.41) is 22.5. The van der Waals surface area contributed by atoms with Gasteiger partial charge in [0.2, 0.25) is 0 Å². The van der Waals surface area contributed by atoms with E-state index in [1.54, 1.807) is 10.8 Å². The van der Waals surface area contributed by atoms with Gasteiger partial charge in [0.05, 0.1) is 23.6 Å². The van der Waals surface area contributed by atoms with E-state index in [1.807, 2.05) is 0 Å². The zero-order valence-electron chi connectivity index (χ0n) is 9.78. The lowest BCUT2D eigenvalue weighted by atomic mass is 10.2. The van der Waals surface area contributed by atoms with Crippen molar-refractivity contribution in [3.8, 4) is 0 Å². The van der Waals surface area contributed by atoms with E-state index in [1.165, 1.54) is 15.9 Å². The SMILES string of the molecule is O=c1[nH]c(=O)n(C2C[C@H](O)[C@@H](CO)O2)c2cscc12. The van der Waals surface area contributed by atoms with Crippen molar-refractivity contribution in [2.45, 2.75) is 24.9 Å². The van der Waals surface area contributed by atoms with E-state index in [4.69, 9.17) is 9.84 Å². The molecule has 0 spiro atoms. The number of nitrogens with zero attached hydrogens (tertiary/aromatic N) is 1. The van der Waals surface area contributed by atoms with Crippen molar-refractivity contribution in [2.75, 3.05) is 6.61 Å². The van der Waals surface area contributed by atoms with Crippen LogP contribution in [0.1, 0.15) is 12.6 Å². The Balaban J connectivity index is 2.14. The molecule has 0 amide bonds. The minimum absolute atomic E-state index is 0.197. The highest BCUT2D eigenvalue weighted by Crippen LogP contribution is 2.29. The van der Waals surface area contributed by atoms with E-state index in [9.17, 15) is 14.7 Å². The molecule has 1 unspecified atom stereocenters. The number of aliphatic hydroxyl groups excluding tert-OH is 2. The zero-order valence-corrected chi connectivity index (χ0v) is 10.6. The maximum Gasteiger partial charge on any atom is 0.330 e. The standard InChI is InChI=1S/C11H12N2O5S/c14-2-8-7(15)1-9(18-8)13-6-4-19-3-5(6)10(16)12-11(13)17/h3-4,7-9,14-15H,1-2H2,(H,12,16,17)/t7-,8+,9?/m0/s1. The molecular formula is C11H12N2O5S. The first-order valence-corrected chi connectivity index (χ1v) is 6.71. The molecule has 0 bridgehead atoms. The number of H-pyrrole nitrogens is 1. The Hall–Kier alpha value is -1.48. The van der Waals surface area contributed by atoms with Gasteiger partial charge in [0.1, 0.15) is 12.3 Å². The molecule has 7 nitrogen and oxygen atoms in total. The molecule has 3 atom stereocenters. The lowest BCUT2D eigenvalue weighted by molar-refractivity contribution is -0.0443. The van der Waals surface area contributed by atoms with Crippen molar-refractivity contribution in [1.82, 2.24) is 9.55 Å². The summed E-state index contributed by atoms with van der Waals surface area (Å²) in [6, 6.07) is 0. The van der Waals surface area contributed by atoms with Crippen LogP contribution < -0.4 is 11.2 Å². The Bertz CT molecular complexity index is 718. The van der Waals surface area contributed by atoms with Gasteiger partial charge in [-0.15, -0.1) is 11.3 Å². The maximum atomic E-state index is 11.9. The molecule has 19 heavy (non-hydrogen) atoms. The van der Waals surface area contributed by atoms with Crippen molar-refractivity contribution in [1.29, 1.82) is 0 Å². The summed E-state index contributed by atoms with van der Waals surface area (Å²) in [5.74, 6) is 0. The molecule has 2 aromatic rings. The summed E-state index contributed by atoms with van der Waals surface area (Å²) in [7, 11) is 0. The van der Waals surface area contributed by atoms with Crippen molar-refractivity contribution >= 4 is 22.2 Å². The third-order valence-electron chi connectivity index (χ3n) is 3.26. The molecule has 102 valence electrons. The molecule has 0 aromatic carbocycles. The molecule has 0 aliphatic carbocycles. The fraction of sp³-hybridized carbons (Fsp3) is 0.455. The quantitative estimate of drug-likeness (QED) is 0.682. The highest BCUT2D eigenvalue weighted by molar-refractivity contribution is 7.09. The third kappa shape index (κ3) is 1.93. The van der Waals surface area contributed by atoms with Crippen LogP contribution in [0.3, 0.4) is 0 Å². The fourth-order valence-corrected chi connectivity index (χ4v) is 3.11. The van der Waals surface area contributed by atoms with Crippen LogP contribution >= 0.6 is 11.3 Å². The van der Waals surface area contributed by atoms with Gasteiger partial charge in [0.15, 0.2) is 0 Å². The molecule has 2 aromatic heterocycles. The fourth-order valence-electron chi connectivity index (χ4n) is 2.30.